The zero-order chi connectivity index (χ0) is 18.7. The summed E-state index contributed by atoms with van der Waals surface area (Å²) in [5.41, 5.74) is -0.376. The minimum atomic E-state index is -1.37. The first-order valence-electron chi connectivity index (χ1n) is 8.44. The van der Waals surface area contributed by atoms with E-state index in [1.165, 1.54) is 12.1 Å². The van der Waals surface area contributed by atoms with Crippen molar-refractivity contribution in [3.05, 3.63) is 65.5 Å². The average Bonchev–Trinajstić information content (AvgIpc) is 2.64. The Morgan fingerprint density at radius 1 is 1.12 bits per heavy atom. The Labute approximate surface area is 151 Å². The molecule has 0 radical (unpaired) electrons. The van der Waals surface area contributed by atoms with E-state index in [0.717, 1.165) is 0 Å². The quantitative estimate of drug-likeness (QED) is 0.912. The molecule has 0 saturated carbocycles. The summed E-state index contributed by atoms with van der Waals surface area (Å²) in [7, 11) is 0. The lowest BCUT2D eigenvalue weighted by atomic mass is 9.90. The highest BCUT2D eigenvalue weighted by Crippen LogP contribution is 2.30. The summed E-state index contributed by atoms with van der Waals surface area (Å²) in [4.78, 5) is 26.1. The molecular formula is C20H20FNO4. The SMILES string of the molecule is Cc1ccc(F)cc1C(=O)N1CCC(Oc2ccccc2)(C(=O)O)CC1. The van der Waals surface area contributed by atoms with E-state index in [9.17, 15) is 19.1 Å². The largest absolute Gasteiger partial charge is 0.478 e. The van der Waals surface area contributed by atoms with E-state index in [1.807, 2.05) is 6.07 Å². The topological polar surface area (TPSA) is 66.8 Å². The predicted octanol–water partition coefficient (Wildman–Crippen LogP) is 3.27. The second-order valence-electron chi connectivity index (χ2n) is 6.47. The number of para-hydroxylation sites is 1. The number of ether oxygens (including phenoxy) is 1. The normalized spacial score (nSPS) is 16.2. The van der Waals surface area contributed by atoms with Crippen LogP contribution in [0.3, 0.4) is 0 Å². The average molecular weight is 357 g/mol. The fourth-order valence-corrected chi connectivity index (χ4v) is 3.14. The van der Waals surface area contributed by atoms with Crippen LogP contribution in [0, 0.1) is 12.7 Å². The Balaban J connectivity index is 1.75. The van der Waals surface area contributed by atoms with Gasteiger partial charge in [0.2, 0.25) is 5.60 Å². The molecule has 0 atom stereocenters. The molecule has 1 saturated heterocycles. The molecule has 2 aromatic carbocycles. The molecule has 0 bridgehead atoms. The summed E-state index contributed by atoms with van der Waals surface area (Å²) in [6, 6.07) is 12.9. The first kappa shape index (κ1) is 17.9. The lowest BCUT2D eigenvalue weighted by Crippen LogP contribution is -2.54. The zero-order valence-corrected chi connectivity index (χ0v) is 14.4. The van der Waals surface area contributed by atoms with Crippen molar-refractivity contribution in [3.63, 3.8) is 0 Å². The molecule has 2 aromatic rings. The number of aliphatic carboxylic acids is 1. The van der Waals surface area contributed by atoms with Crippen LogP contribution >= 0.6 is 0 Å². The minimum Gasteiger partial charge on any atom is -0.478 e. The molecule has 0 aromatic heterocycles. The Morgan fingerprint density at radius 3 is 2.38 bits per heavy atom. The van der Waals surface area contributed by atoms with Crippen molar-refractivity contribution < 1.29 is 23.8 Å². The van der Waals surface area contributed by atoms with Crippen molar-refractivity contribution in [2.24, 2.45) is 0 Å². The van der Waals surface area contributed by atoms with Crippen LogP contribution < -0.4 is 4.74 Å². The van der Waals surface area contributed by atoms with E-state index in [0.29, 0.717) is 16.9 Å². The number of carbonyl (C=O) groups excluding carboxylic acids is 1. The highest BCUT2D eigenvalue weighted by molar-refractivity contribution is 5.96. The lowest BCUT2D eigenvalue weighted by Gasteiger charge is -2.39. The number of hydrogen-bond donors (Lipinski definition) is 1. The van der Waals surface area contributed by atoms with E-state index < -0.39 is 17.4 Å². The third-order valence-electron chi connectivity index (χ3n) is 4.73. The van der Waals surface area contributed by atoms with E-state index >= 15 is 0 Å². The Morgan fingerprint density at radius 2 is 1.77 bits per heavy atom. The predicted molar refractivity (Wildman–Crippen MR) is 93.7 cm³/mol. The number of likely N-dealkylation sites (tertiary alicyclic amines) is 1. The van der Waals surface area contributed by atoms with Crippen LogP contribution in [0.15, 0.2) is 48.5 Å². The van der Waals surface area contributed by atoms with Gasteiger partial charge >= 0.3 is 5.97 Å². The number of halogens is 1. The molecule has 1 N–H and O–H groups in total. The molecule has 1 amide bonds. The van der Waals surface area contributed by atoms with Gasteiger partial charge in [-0.05, 0) is 36.8 Å². The molecule has 0 spiro atoms. The first-order chi connectivity index (χ1) is 12.4. The maximum absolute atomic E-state index is 13.5. The second-order valence-corrected chi connectivity index (χ2v) is 6.47. The molecular weight excluding hydrogens is 337 g/mol. The summed E-state index contributed by atoms with van der Waals surface area (Å²) >= 11 is 0. The van der Waals surface area contributed by atoms with Gasteiger partial charge in [-0.25, -0.2) is 9.18 Å². The molecule has 136 valence electrons. The summed E-state index contributed by atoms with van der Waals surface area (Å²) < 4.78 is 19.3. The fraction of sp³-hybridized carbons (Fsp3) is 0.300. The van der Waals surface area contributed by atoms with E-state index in [2.05, 4.69) is 0 Å². The molecule has 0 unspecified atom stereocenters. The molecule has 3 rings (SSSR count). The van der Waals surface area contributed by atoms with Gasteiger partial charge in [-0.15, -0.1) is 0 Å². The smallest absolute Gasteiger partial charge is 0.348 e. The third-order valence-corrected chi connectivity index (χ3v) is 4.73. The second kappa shape index (κ2) is 7.15. The lowest BCUT2D eigenvalue weighted by molar-refractivity contribution is -0.159. The van der Waals surface area contributed by atoms with Crippen molar-refractivity contribution >= 4 is 11.9 Å². The van der Waals surface area contributed by atoms with Crippen molar-refractivity contribution in [2.45, 2.75) is 25.4 Å². The number of rotatable bonds is 4. The highest BCUT2D eigenvalue weighted by atomic mass is 19.1. The fourth-order valence-electron chi connectivity index (χ4n) is 3.14. The number of amides is 1. The van der Waals surface area contributed by atoms with Crippen LogP contribution in [-0.2, 0) is 4.79 Å². The Bertz CT molecular complexity index is 814. The van der Waals surface area contributed by atoms with Crippen LogP contribution in [0.25, 0.3) is 0 Å². The van der Waals surface area contributed by atoms with Gasteiger partial charge in [0.05, 0.1) is 0 Å². The third kappa shape index (κ3) is 3.54. The number of aryl methyl sites for hydroxylation is 1. The van der Waals surface area contributed by atoms with Crippen LogP contribution in [0.1, 0.15) is 28.8 Å². The molecule has 0 aliphatic carbocycles. The number of benzene rings is 2. The van der Waals surface area contributed by atoms with Gasteiger partial charge in [-0.2, -0.15) is 0 Å². The molecule has 1 aliphatic rings. The molecule has 6 heteroatoms. The van der Waals surface area contributed by atoms with Gasteiger partial charge in [-0.3, -0.25) is 4.79 Å². The number of carbonyl (C=O) groups is 2. The monoisotopic (exact) mass is 357 g/mol. The molecule has 1 heterocycles. The van der Waals surface area contributed by atoms with Crippen LogP contribution in [0.2, 0.25) is 0 Å². The zero-order valence-electron chi connectivity index (χ0n) is 14.4. The number of piperidine rings is 1. The minimum absolute atomic E-state index is 0.164. The standard InChI is InChI=1S/C20H20FNO4/c1-14-7-8-15(21)13-17(14)18(23)22-11-9-20(10-12-22,19(24)25)26-16-5-3-2-4-6-16/h2-8,13H,9-12H2,1H3,(H,24,25). The van der Waals surface area contributed by atoms with E-state index in [1.54, 1.807) is 42.2 Å². The molecule has 5 nitrogen and oxygen atoms in total. The van der Waals surface area contributed by atoms with Gasteiger partial charge in [0.15, 0.2) is 0 Å². The number of carboxylic acids is 1. The van der Waals surface area contributed by atoms with Gasteiger partial charge in [-0.1, -0.05) is 24.3 Å². The van der Waals surface area contributed by atoms with Crippen LogP contribution in [0.5, 0.6) is 5.75 Å². The number of nitrogens with zero attached hydrogens (tertiary/aromatic N) is 1. The van der Waals surface area contributed by atoms with Gasteiger partial charge in [0.1, 0.15) is 11.6 Å². The highest BCUT2D eigenvalue weighted by Gasteiger charge is 2.45. The van der Waals surface area contributed by atoms with Gasteiger partial charge < -0.3 is 14.7 Å². The van der Waals surface area contributed by atoms with Gasteiger partial charge in [0, 0.05) is 31.5 Å². The van der Waals surface area contributed by atoms with E-state index in [-0.39, 0.29) is 31.8 Å². The maximum Gasteiger partial charge on any atom is 0.348 e. The maximum atomic E-state index is 13.5. The van der Waals surface area contributed by atoms with Crippen molar-refractivity contribution in [2.75, 3.05) is 13.1 Å². The van der Waals surface area contributed by atoms with Crippen molar-refractivity contribution in [1.82, 2.24) is 4.90 Å². The summed E-state index contributed by atoms with van der Waals surface area (Å²) in [5.74, 6) is -1.32. The van der Waals surface area contributed by atoms with E-state index in [4.69, 9.17) is 4.74 Å². The Kier molecular flexibility index (Phi) is 4.93. The molecule has 1 aliphatic heterocycles. The summed E-state index contributed by atoms with van der Waals surface area (Å²) in [5, 5.41) is 9.69. The Hall–Kier alpha value is -2.89. The summed E-state index contributed by atoms with van der Waals surface area (Å²) in [6.07, 6.45) is 0.328. The van der Waals surface area contributed by atoms with Crippen molar-refractivity contribution in [1.29, 1.82) is 0 Å². The van der Waals surface area contributed by atoms with Crippen LogP contribution in [-0.4, -0.2) is 40.6 Å². The molecule has 26 heavy (non-hydrogen) atoms. The first-order valence-corrected chi connectivity index (χ1v) is 8.44. The van der Waals surface area contributed by atoms with Gasteiger partial charge in [0.25, 0.3) is 5.91 Å². The molecule has 1 fully saturated rings. The van der Waals surface area contributed by atoms with Crippen LogP contribution in [0.4, 0.5) is 4.39 Å². The number of carboxylic acid groups (broad SMARTS) is 1. The number of hydrogen-bond acceptors (Lipinski definition) is 3. The van der Waals surface area contributed by atoms with Crippen molar-refractivity contribution in [3.8, 4) is 5.75 Å². The summed E-state index contributed by atoms with van der Waals surface area (Å²) in [6.45, 7) is 2.21.